The summed E-state index contributed by atoms with van der Waals surface area (Å²) in [7, 11) is 0. The molecule has 0 aromatic heterocycles. The molecule has 0 aliphatic carbocycles. The monoisotopic (exact) mass is 339 g/mol. The van der Waals surface area contributed by atoms with Crippen molar-refractivity contribution in [1.82, 2.24) is 5.32 Å². The van der Waals surface area contributed by atoms with Gasteiger partial charge in [-0.2, -0.15) is 0 Å². The Kier molecular flexibility index (Phi) is 5.93. The molecular formula is C20H25N3O2. The van der Waals surface area contributed by atoms with Crippen LogP contribution in [0.2, 0.25) is 0 Å². The molecule has 0 saturated heterocycles. The van der Waals surface area contributed by atoms with E-state index < -0.39 is 5.92 Å². The van der Waals surface area contributed by atoms with Crippen molar-refractivity contribution in [2.24, 2.45) is 5.73 Å². The minimum atomic E-state index is -0.412. The molecule has 0 saturated carbocycles. The van der Waals surface area contributed by atoms with E-state index in [1.807, 2.05) is 51.1 Å². The number of hydrogen-bond acceptors (Lipinski definition) is 3. The van der Waals surface area contributed by atoms with Crippen molar-refractivity contribution in [3.63, 3.8) is 0 Å². The first-order chi connectivity index (χ1) is 11.8. The first-order valence-electron chi connectivity index (χ1n) is 8.28. The summed E-state index contributed by atoms with van der Waals surface area (Å²) < 4.78 is 0. The zero-order valence-electron chi connectivity index (χ0n) is 14.9. The second-order valence-electron chi connectivity index (χ2n) is 6.97. The lowest BCUT2D eigenvalue weighted by Crippen LogP contribution is -2.40. The van der Waals surface area contributed by atoms with Crippen LogP contribution in [0.4, 0.5) is 5.69 Å². The number of benzene rings is 2. The van der Waals surface area contributed by atoms with Gasteiger partial charge in [0.2, 0.25) is 5.91 Å². The Morgan fingerprint density at radius 1 is 1.00 bits per heavy atom. The van der Waals surface area contributed by atoms with E-state index in [-0.39, 0.29) is 23.9 Å². The summed E-state index contributed by atoms with van der Waals surface area (Å²) in [4.78, 5) is 24.6. The highest BCUT2D eigenvalue weighted by Crippen LogP contribution is 2.18. The van der Waals surface area contributed by atoms with E-state index in [1.165, 1.54) is 0 Å². The summed E-state index contributed by atoms with van der Waals surface area (Å²) in [5, 5.41) is 5.76. The molecular weight excluding hydrogens is 314 g/mol. The summed E-state index contributed by atoms with van der Waals surface area (Å²) >= 11 is 0. The van der Waals surface area contributed by atoms with Gasteiger partial charge in [-0.25, -0.2) is 0 Å². The largest absolute Gasteiger partial charge is 0.347 e. The van der Waals surface area contributed by atoms with Gasteiger partial charge in [0.1, 0.15) is 0 Å². The number of nitrogens with one attached hydrogen (secondary N) is 2. The van der Waals surface area contributed by atoms with Gasteiger partial charge in [0, 0.05) is 23.3 Å². The Morgan fingerprint density at radius 2 is 1.60 bits per heavy atom. The average Bonchev–Trinajstić information content (AvgIpc) is 2.55. The van der Waals surface area contributed by atoms with Crippen LogP contribution in [0, 0.1) is 0 Å². The second kappa shape index (κ2) is 7.94. The Hall–Kier alpha value is -2.66. The summed E-state index contributed by atoms with van der Waals surface area (Å²) in [6, 6.07) is 16.3. The zero-order chi connectivity index (χ0) is 18.4. The number of nitrogens with two attached hydrogens (primary N) is 1. The molecule has 5 heteroatoms. The molecule has 1 atom stereocenters. The van der Waals surface area contributed by atoms with Gasteiger partial charge in [0.25, 0.3) is 5.91 Å². The lowest BCUT2D eigenvalue weighted by atomic mass is 9.98. The van der Waals surface area contributed by atoms with E-state index in [0.717, 1.165) is 5.56 Å². The van der Waals surface area contributed by atoms with E-state index in [1.54, 1.807) is 24.3 Å². The number of anilines is 1. The van der Waals surface area contributed by atoms with E-state index >= 15 is 0 Å². The topological polar surface area (TPSA) is 84.2 Å². The third-order valence-electron chi connectivity index (χ3n) is 3.66. The summed E-state index contributed by atoms with van der Waals surface area (Å²) in [5.41, 5.74) is 7.53. The van der Waals surface area contributed by atoms with Gasteiger partial charge in [0.05, 0.1) is 5.92 Å². The molecule has 0 aliphatic rings. The molecule has 0 heterocycles. The third kappa shape index (κ3) is 5.43. The van der Waals surface area contributed by atoms with Crippen LogP contribution in [0.3, 0.4) is 0 Å². The first-order valence-corrected chi connectivity index (χ1v) is 8.28. The Labute approximate surface area is 148 Å². The number of carbonyl (C=O) groups excluding carboxylic acids is 2. The van der Waals surface area contributed by atoms with Gasteiger partial charge in [-0.05, 0) is 50.6 Å². The van der Waals surface area contributed by atoms with Gasteiger partial charge in [-0.1, -0.05) is 30.3 Å². The molecule has 2 rings (SSSR count). The number of rotatable bonds is 5. The summed E-state index contributed by atoms with van der Waals surface area (Å²) in [5.74, 6) is -0.722. The average molecular weight is 339 g/mol. The van der Waals surface area contributed by atoms with E-state index in [4.69, 9.17) is 5.73 Å². The van der Waals surface area contributed by atoms with Crippen LogP contribution >= 0.6 is 0 Å². The van der Waals surface area contributed by atoms with Crippen LogP contribution in [-0.4, -0.2) is 23.9 Å². The van der Waals surface area contributed by atoms with Crippen LogP contribution in [0.25, 0.3) is 0 Å². The Balaban J connectivity index is 2.05. The summed E-state index contributed by atoms with van der Waals surface area (Å²) in [6.45, 7) is 6.00. The zero-order valence-corrected chi connectivity index (χ0v) is 14.9. The maximum atomic E-state index is 12.5. The van der Waals surface area contributed by atoms with Crippen LogP contribution in [0.1, 0.15) is 42.6 Å². The highest BCUT2D eigenvalue weighted by atomic mass is 16.2. The fourth-order valence-electron chi connectivity index (χ4n) is 2.43. The van der Waals surface area contributed by atoms with Crippen molar-refractivity contribution in [2.45, 2.75) is 32.2 Å². The van der Waals surface area contributed by atoms with Crippen molar-refractivity contribution in [3.05, 3.63) is 65.7 Å². The van der Waals surface area contributed by atoms with Crippen LogP contribution in [-0.2, 0) is 4.79 Å². The molecule has 0 aliphatic heterocycles. The number of carbonyl (C=O) groups is 2. The molecule has 2 aromatic carbocycles. The maximum Gasteiger partial charge on any atom is 0.251 e. The molecule has 2 amide bonds. The molecule has 5 nitrogen and oxygen atoms in total. The van der Waals surface area contributed by atoms with Crippen LogP contribution < -0.4 is 16.4 Å². The van der Waals surface area contributed by atoms with Crippen LogP contribution in [0.5, 0.6) is 0 Å². The summed E-state index contributed by atoms with van der Waals surface area (Å²) in [6.07, 6.45) is 0. The lowest BCUT2D eigenvalue weighted by Gasteiger charge is -2.20. The first kappa shape index (κ1) is 18.7. The molecule has 25 heavy (non-hydrogen) atoms. The maximum absolute atomic E-state index is 12.5. The van der Waals surface area contributed by atoms with Crippen molar-refractivity contribution >= 4 is 17.5 Å². The second-order valence-corrected chi connectivity index (χ2v) is 6.97. The molecule has 1 unspecified atom stereocenters. The smallest absolute Gasteiger partial charge is 0.251 e. The van der Waals surface area contributed by atoms with E-state index in [2.05, 4.69) is 10.6 Å². The molecule has 0 radical (unpaired) electrons. The van der Waals surface area contributed by atoms with E-state index in [9.17, 15) is 9.59 Å². The number of hydrogen-bond donors (Lipinski definition) is 3. The highest BCUT2D eigenvalue weighted by Gasteiger charge is 2.19. The molecule has 2 aromatic rings. The van der Waals surface area contributed by atoms with Crippen molar-refractivity contribution in [1.29, 1.82) is 0 Å². The quantitative estimate of drug-likeness (QED) is 0.783. The molecule has 0 fully saturated rings. The highest BCUT2D eigenvalue weighted by molar-refractivity contribution is 5.98. The number of amides is 2. The van der Waals surface area contributed by atoms with Gasteiger partial charge in [-0.15, -0.1) is 0 Å². The van der Waals surface area contributed by atoms with Gasteiger partial charge < -0.3 is 16.4 Å². The SMILES string of the molecule is CC(C)(C)NC(=O)c1ccc(NC(=O)C(CN)c2ccccc2)cc1. The minimum absolute atomic E-state index is 0.144. The van der Waals surface area contributed by atoms with E-state index in [0.29, 0.717) is 11.3 Å². The Bertz CT molecular complexity index is 719. The molecule has 0 spiro atoms. The van der Waals surface area contributed by atoms with Crippen molar-refractivity contribution < 1.29 is 9.59 Å². The van der Waals surface area contributed by atoms with Crippen molar-refractivity contribution in [2.75, 3.05) is 11.9 Å². The molecule has 0 bridgehead atoms. The molecule has 132 valence electrons. The minimum Gasteiger partial charge on any atom is -0.347 e. The van der Waals surface area contributed by atoms with Crippen LogP contribution in [0.15, 0.2) is 54.6 Å². The third-order valence-corrected chi connectivity index (χ3v) is 3.66. The molecule has 4 N–H and O–H groups in total. The lowest BCUT2D eigenvalue weighted by molar-refractivity contribution is -0.117. The predicted octanol–water partition coefficient (Wildman–Crippen LogP) is 2.90. The standard InChI is InChI=1S/C20H25N3O2/c1-20(2,3)23-18(24)15-9-11-16(12-10-15)22-19(25)17(13-21)14-7-5-4-6-8-14/h4-12,17H,13,21H2,1-3H3,(H,22,25)(H,23,24). The van der Waals surface area contributed by atoms with Crippen molar-refractivity contribution in [3.8, 4) is 0 Å². The van der Waals surface area contributed by atoms with Gasteiger partial charge in [0.15, 0.2) is 0 Å². The normalized spacial score (nSPS) is 12.3. The fourth-order valence-corrected chi connectivity index (χ4v) is 2.43. The van der Waals surface area contributed by atoms with Gasteiger partial charge in [-0.3, -0.25) is 9.59 Å². The Morgan fingerprint density at radius 3 is 2.12 bits per heavy atom. The van der Waals surface area contributed by atoms with Gasteiger partial charge >= 0.3 is 0 Å². The predicted molar refractivity (Wildman–Crippen MR) is 101 cm³/mol. The fraction of sp³-hybridized carbons (Fsp3) is 0.300.